The summed E-state index contributed by atoms with van der Waals surface area (Å²) in [5.74, 6) is 0.754. The third-order valence-electron chi connectivity index (χ3n) is 3.24. The first-order valence-electron chi connectivity index (χ1n) is 5.81. The summed E-state index contributed by atoms with van der Waals surface area (Å²) in [5, 5.41) is 0.676. The van der Waals surface area contributed by atoms with Crippen LogP contribution >= 0.6 is 11.6 Å². The summed E-state index contributed by atoms with van der Waals surface area (Å²) in [6.45, 7) is 6.58. The van der Waals surface area contributed by atoms with Gasteiger partial charge in [0, 0.05) is 5.02 Å². The van der Waals surface area contributed by atoms with Gasteiger partial charge < -0.3 is 10.2 Å². The second-order valence-electron chi connectivity index (χ2n) is 4.03. The van der Waals surface area contributed by atoms with Gasteiger partial charge in [0.05, 0.1) is 5.69 Å². The van der Waals surface area contributed by atoms with E-state index in [1.165, 1.54) is 0 Å². The van der Waals surface area contributed by atoms with E-state index in [9.17, 15) is 0 Å². The second-order valence-corrected chi connectivity index (χ2v) is 9.16. The maximum atomic E-state index is 6.19. The molecule has 0 aliphatic rings. The van der Waals surface area contributed by atoms with Crippen LogP contribution in [0.1, 0.15) is 20.8 Å². The molecule has 0 unspecified atom stereocenters. The highest BCUT2D eigenvalue weighted by Gasteiger charge is 2.31. The van der Waals surface area contributed by atoms with E-state index in [0.29, 0.717) is 10.7 Å². The van der Waals surface area contributed by atoms with Gasteiger partial charge in [-0.3, -0.25) is 0 Å². The van der Waals surface area contributed by atoms with Gasteiger partial charge in [0.15, 0.2) is 0 Å². The van der Waals surface area contributed by atoms with Gasteiger partial charge in [0.1, 0.15) is 5.75 Å². The lowest BCUT2D eigenvalue weighted by Crippen LogP contribution is -2.39. The summed E-state index contributed by atoms with van der Waals surface area (Å²) in [5.41, 5.74) is 6.58. The highest BCUT2D eigenvalue weighted by atomic mass is 35.5. The zero-order valence-electron chi connectivity index (χ0n) is 10.2. The molecule has 2 nitrogen and oxygen atoms in total. The number of benzene rings is 1. The summed E-state index contributed by atoms with van der Waals surface area (Å²) in [6.07, 6.45) is 0. The van der Waals surface area contributed by atoms with Gasteiger partial charge in [0.25, 0.3) is 8.32 Å². The first kappa shape index (κ1) is 13.4. The topological polar surface area (TPSA) is 35.2 Å². The summed E-state index contributed by atoms with van der Waals surface area (Å²) < 4.78 is 6.19. The molecule has 4 heteroatoms. The van der Waals surface area contributed by atoms with Gasteiger partial charge in [-0.15, -0.1) is 0 Å². The Kier molecular flexibility index (Phi) is 4.68. The lowest BCUT2D eigenvalue weighted by Gasteiger charge is -2.29. The van der Waals surface area contributed by atoms with Crippen molar-refractivity contribution in [3.63, 3.8) is 0 Å². The van der Waals surface area contributed by atoms with Crippen LogP contribution in [-0.2, 0) is 0 Å². The van der Waals surface area contributed by atoms with Crippen LogP contribution in [0.2, 0.25) is 23.2 Å². The average molecular weight is 258 g/mol. The Hall–Kier alpha value is -0.673. The van der Waals surface area contributed by atoms with Crippen LogP contribution in [0.4, 0.5) is 5.69 Å². The lowest BCUT2D eigenvalue weighted by molar-refractivity contribution is 0.534. The van der Waals surface area contributed by atoms with Crippen molar-refractivity contribution >= 4 is 25.6 Å². The van der Waals surface area contributed by atoms with Crippen molar-refractivity contribution in [2.75, 3.05) is 5.73 Å². The van der Waals surface area contributed by atoms with Crippen molar-refractivity contribution in [1.82, 2.24) is 0 Å². The van der Waals surface area contributed by atoms with Gasteiger partial charge in [0.2, 0.25) is 0 Å². The monoisotopic (exact) mass is 257 g/mol. The van der Waals surface area contributed by atoms with Crippen molar-refractivity contribution in [3.8, 4) is 5.75 Å². The second kappa shape index (κ2) is 5.59. The van der Waals surface area contributed by atoms with Crippen LogP contribution in [0.3, 0.4) is 0 Å². The third kappa shape index (κ3) is 2.92. The van der Waals surface area contributed by atoms with E-state index in [4.69, 9.17) is 21.8 Å². The Labute approximate surface area is 104 Å². The van der Waals surface area contributed by atoms with Crippen molar-refractivity contribution in [3.05, 3.63) is 23.2 Å². The molecule has 0 radical (unpaired) electrons. The quantitative estimate of drug-likeness (QED) is 0.630. The SMILES string of the molecule is CC[Si](CC)(CC)Oc1cc(Cl)ccc1N. The summed E-state index contributed by atoms with van der Waals surface area (Å²) in [7, 11) is -1.65. The molecule has 0 atom stereocenters. The number of hydrogen-bond donors (Lipinski definition) is 1. The zero-order chi connectivity index (χ0) is 12.2. The number of hydrogen-bond acceptors (Lipinski definition) is 2. The summed E-state index contributed by atoms with van der Waals surface area (Å²) in [4.78, 5) is 0. The third-order valence-corrected chi connectivity index (χ3v) is 7.99. The van der Waals surface area contributed by atoms with Crippen LogP contribution in [0.15, 0.2) is 18.2 Å². The molecule has 0 saturated carbocycles. The van der Waals surface area contributed by atoms with E-state index in [1.54, 1.807) is 12.1 Å². The van der Waals surface area contributed by atoms with Gasteiger partial charge in [-0.2, -0.15) is 0 Å². The molecule has 0 aliphatic heterocycles. The Balaban J connectivity index is 2.97. The van der Waals surface area contributed by atoms with Gasteiger partial charge >= 0.3 is 0 Å². The molecule has 16 heavy (non-hydrogen) atoms. The molecule has 0 fully saturated rings. The van der Waals surface area contributed by atoms with Crippen molar-refractivity contribution in [2.24, 2.45) is 0 Å². The maximum Gasteiger partial charge on any atom is 0.250 e. The Morgan fingerprint density at radius 1 is 1.19 bits per heavy atom. The maximum absolute atomic E-state index is 6.19. The molecule has 90 valence electrons. The highest BCUT2D eigenvalue weighted by molar-refractivity contribution is 6.74. The molecular formula is C12H20ClNOSi. The molecule has 1 rings (SSSR count). The molecular weight excluding hydrogens is 238 g/mol. The average Bonchev–Trinajstić information content (AvgIpc) is 2.31. The van der Waals surface area contributed by atoms with E-state index in [2.05, 4.69) is 20.8 Å². The zero-order valence-corrected chi connectivity index (χ0v) is 12.0. The van der Waals surface area contributed by atoms with E-state index in [0.717, 1.165) is 23.9 Å². The molecule has 0 saturated heterocycles. The van der Waals surface area contributed by atoms with E-state index < -0.39 is 8.32 Å². The Morgan fingerprint density at radius 3 is 2.25 bits per heavy atom. The normalized spacial score (nSPS) is 11.5. The van der Waals surface area contributed by atoms with E-state index in [1.807, 2.05) is 6.07 Å². The molecule has 0 spiro atoms. The van der Waals surface area contributed by atoms with Crippen molar-refractivity contribution in [2.45, 2.75) is 38.9 Å². The van der Waals surface area contributed by atoms with Crippen LogP contribution < -0.4 is 10.2 Å². The standard InChI is InChI=1S/C12H20ClNOSi/c1-4-16(5-2,6-3)15-12-9-10(13)7-8-11(12)14/h7-9H,4-6,14H2,1-3H3. The predicted octanol–water partition coefficient (Wildman–Crippen LogP) is 4.31. The minimum Gasteiger partial charge on any atom is -0.542 e. The van der Waals surface area contributed by atoms with Crippen molar-refractivity contribution in [1.29, 1.82) is 0 Å². The van der Waals surface area contributed by atoms with E-state index >= 15 is 0 Å². The number of halogens is 1. The Bertz CT molecular complexity index is 345. The van der Waals surface area contributed by atoms with Crippen LogP contribution in [0.25, 0.3) is 0 Å². The molecule has 1 aromatic carbocycles. The predicted molar refractivity (Wildman–Crippen MR) is 73.7 cm³/mol. The summed E-state index contributed by atoms with van der Waals surface area (Å²) in [6, 6.07) is 8.72. The Morgan fingerprint density at radius 2 is 1.75 bits per heavy atom. The number of nitrogen functional groups attached to an aromatic ring is 1. The van der Waals surface area contributed by atoms with Crippen molar-refractivity contribution < 1.29 is 4.43 Å². The van der Waals surface area contributed by atoms with Crippen LogP contribution in [0.5, 0.6) is 5.75 Å². The van der Waals surface area contributed by atoms with Crippen LogP contribution in [0, 0.1) is 0 Å². The highest BCUT2D eigenvalue weighted by Crippen LogP contribution is 2.31. The first-order valence-corrected chi connectivity index (χ1v) is 8.71. The number of nitrogens with two attached hydrogens (primary N) is 1. The lowest BCUT2D eigenvalue weighted by atomic mass is 10.3. The van der Waals surface area contributed by atoms with Gasteiger partial charge in [-0.05, 0) is 36.3 Å². The largest absolute Gasteiger partial charge is 0.542 e. The fourth-order valence-corrected chi connectivity index (χ4v) is 4.53. The molecule has 0 bridgehead atoms. The van der Waals surface area contributed by atoms with Gasteiger partial charge in [-0.25, -0.2) is 0 Å². The molecule has 0 aromatic heterocycles. The molecule has 0 heterocycles. The smallest absolute Gasteiger partial charge is 0.250 e. The first-order chi connectivity index (χ1) is 7.56. The fourth-order valence-electron chi connectivity index (χ4n) is 1.80. The minimum atomic E-state index is -1.65. The summed E-state index contributed by atoms with van der Waals surface area (Å²) >= 11 is 5.96. The number of anilines is 1. The number of rotatable bonds is 5. The molecule has 1 aromatic rings. The van der Waals surface area contributed by atoms with Crippen LogP contribution in [-0.4, -0.2) is 8.32 Å². The fraction of sp³-hybridized carbons (Fsp3) is 0.500. The van der Waals surface area contributed by atoms with Gasteiger partial charge in [-0.1, -0.05) is 32.4 Å². The minimum absolute atomic E-state index is 0.676. The molecule has 0 aliphatic carbocycles. The van der Waals surface area contributed by atoms with E-state index in [-0.39, 0.29) is 0 Å². The molecule has 0 amide bonds. The molecule has 2 N–H and O–H groups in total.